The van der Waals surface area contributed by atoms with E-state index < -0.39 is 48.2 Å². The van der Waals surface area contributed by atoms with Crippen molar-refractivity contribution in [3.63, 3.8) is 0 Å². The molecule has 0 aromatic heterocycles. The minimum absolute atomic E-state index is 0.159. The van der Waals surface area contributed by atoms with Crippen molar-refractivity contribution in [2.24, 2.45) is 11.8 Å². The Morgan fingerprint density at radius 3 is 1.98 bits per heavy atom. The Balaban J connectivity index is 1.11. The average molecular weight is 614 g/mol. The molecular formula is C30H33ClF5N3O3. The van der Waals surface area contributed by atoms with Crippen molar-refractivity contribution in [2.45, 2.75) is 49.8 Å². The highest BCUT2D eigenvalue weighted by Crippen LogP contribution is 2.42. The fraction of sp³-hybridized carbons (Fsp3) is 0.533. The van der Waals surface area contributed by atoms with Gasteiger partial charge in [-0.15, -0.1) is 0 Å². The van der Waals surface area contributed by atoms with Gasteiger partial charge in [-0.05, 0) is 62.1 Å². The molecule has 0 radical (unpaired) electrons. The normalized spacial score (nSPS) is 21.5. The van der Waals surface area contributed by atoms with E-state index in [1.807, 2.05) is 0 Å². The van der Waals surface area contributed by atoms with E-state index in [2.05, 4.69) is 4.90 Å². The number of benzene rings is 2. The van der Waals surface area contributed by atoms with Crippen LogP contribution in [0.25, 0.3) is 0 Å². The lowest BCUT2D eigenvalue weighted by molar-refractivity contribution is -0.262. The van der Waals surface area contributed by atoms with Crippen LogP contribution in [0.3, 0.4) is 0 Å². The van der Waals surface area contributed by atoms with Crippen molar-refractivity contribution >= 4 is 29.1 Å². The van der Waals surface area contributed by atoms with Crippen LogP contribution in [0.1, 0.15) is 48.0 Å². The summed E-state index contributed by atoms with van der Waals surface area (Å²) >= 11 is 6.35. The first kappa shape index (κ1) is 30.5. The number of alkyl halides is 5. The molecule has 2 amide bonds. The molecule has 0 aliphatic carbocycles. The summed E-state index contributed by atoms with van der Waals surface area (Å²) in [6, 6.07) is 11.5. The molecule has 3 fully saturated rings. The number of anilines is 1. The third-order valence-electron chi connectivity index (χ3n) is 8.77. The van der Waals surface area contributed by atoms with Gasteiger partial charge in [0.15, 0.2) is 0 Å². The second-order valence-electron chi connectivity index (χ2n) is 11.7. The number of nitrogens with zero attached hydrogens (tertiary/aromatic N) is 3. The summed E-state index contributed by atoms with van der Waals surface area (Å²) in [6.07, 6.45) is -1.29. The van der Waals surface area contributed by atoms with Crippen LogP contribution in [-0.4, -0.2) is 78.1 Å². The smallest absolute Gasteiger partial charge is 0.371 e. The third kappa shape index (κ3) is 6.08. The molecule has 0 spiro atoms. The van der Waals surface area contributed by atoms with Crippen molar-refractivity contribution in [3.05, 3.63) is 64.7 Å². The lowest BCUT2D eigenvalue weighted by Crippen LogP contribution is -2.58. The lowest BCUT2D eigenvalue weighted by atomic mass is 9.82. The molecule has 3 aliphatic heterocycles. The van der Waals surface area contributed by atoms with Crippen molar-refractivity contribution in [1.82, 2.24) is 9.80 Å². The van der Waals surface area contributed by atoms with E-state index in [1.165, 1.54) is 18.2 Å². The molecule has 228 valence electrons. The van der Waals surface area contributed by atoms with Gasteiger partial charge in [-0.2, -0.15) is 13.2 Å². The van der Waals surface area contributed by atoms with Crippen LogP contribution >= 0.6 is 11.6 Å². The van der Waals surface area contributed by atoms with E-state index in [0.29, 0.717) is 18.8 Å². The zero-order valence-corrected chi connectivity index (χ0v) is 23.7. The fourth-order valence-corrected chi connectivity index (χ4v) is 6.54. The molecule has 2 aromatic carbocycles. The molecule has 42 heavy (non-hydrogen) atoms. The molecule has 12 heteroatoms. The van der Waals surface area contributed by atoms with Crippen LogP contribution < -0.4 is 4.90 Å². The summed E-state index contributed by atoms with van der Waals surface area (Å²) in [4.78, 5) is 29.8. The molecule has 3 aliphatic rings. The van der Waals surface area contributed by atoms with Gasteiger partial charge in [-0.25, -0.2) is 8.78 Å². The third-order valence-corrected chi connectivity index (χ3v) is 9.09. The number of hydrogen-bond acceptors (Lipinski definition) is 4. The number of carbonyl (C=O) groups is 2. The van der Waals surface area contributed by atoms with Crippen molar-refractivity contribution in [2.75, 3.05) is 44.2 Å². The zero-order chi connectivity index (χ0) is 30.3. The lowest BCUT2D eigenvalue weighted by Gasteiger charge is -2.40. The number of aliphatic hydroxyl groups is 1. The highest BCUT2D eigenvalue weighted by atomic mass is 35.5. The number of rotatable bonds is 6. The number of carbonyl (C=O) groups excluding carboxylic acids is 2. The Hall–Kier alpha value is -2.92. The molecule has 0 saturated carbocycles. The zero-order valence-electron chi connectivity index (χ0n) is 22.9. The standard InChI is InChI=1S/C30H33ClF5N3O3/c31-25-17-23(6-7-24(25)26(40)39-18-28(32,33)19-39)37-12-8-20(9-13-37)16-21-10-14-38(15-11-21)27(41)29(42,30(34,35)36)22-4-2-1-3-5-22/h1-7,17,20-21,42H,8-16,18-19H2/t29-/m0/s1. The van der Waals surface area contributed by atoms with E-state index in [-0.39, 0.29) is 29.6 Å². The van der Waals surface area contributed by atoms with Crippen LogP contribution in [0.15, 0.2) is 48.5 Å². The van der Waals surface area contributed by atoms with Gasteiger partial charge >= 0.3 is 6.18 Å². The Labute approximate surface area is 246 Å². The van der Waals surface area contributed by atoms with E-state index in [9.17, 15) is 36.6 Å². The maximum Gasteiger partial charge on any atom is 0.430 e. The largest absolute Gasteiger partial charge is 0.430 e. The van der Waals surface area contributed by atoms with Gasteiger partial charge in [0.2, 0.25) is 0 Å². The first-order chi connectivity index (χ1) is 19.8. The highest BCUT2D eigenvalue weighted by molar-refractivity contribution is 6.34. The van der Waals surface area contributed by atoms with Crippen LogP contribution in [-0.2, 0) is 10.4 Å². The molecule has 2 aromatic rings. The predicted molar refractivity (Wildman–Crippen MR) is 148 cm³/mol. The van der Waals surface area contributed by atoms with Gasteiger partial charge in [-0.1, -0.05) is 41.9 Å². The van der Waals surface area contributed by atoms with E-state index in [4.69, 9.17) is 11.6 Å². The van der Waals surface area contributed by atoms with Crippen molar-refractivity contribution < 1.29 is 36.6 Å². The molecule has 1 atom stereocenters. The highest BCUT2D eigenvalue weighted by Gasteiger charge is 2.62. The van der Waals surface area contributed by atoms with Gasteiger partial charge in [0, 0.05) is 37.4 Å². The van der Waals surface area contributed by atoms with Crippen LogP contribution in [0.4, 0.5) is 27.6 Å². The average Bonchev–Trinajstić information content (AvgIpc) is 2.95. The number of halogens is 6. The molecule has 0 unspecified atom stereocenters. The van der Waals surface area contributed by atoms with E-state index in [1.54, 1.807) is 18.2 Å². The van der Waals surface area contributed by atoms with Gasteiger partial charge in [0.05, 0.1) is 23.7 Å². The Morgan fingerprint density at radius 1 is 0.881 bits per heavy atom. The summed E-state index contributed by atoms with van der Waals surface area (Å²) in [5, 5.41) is 10.8. The molecule has 3 saturated heterocycles. The molecule has 0 bridgehead atoms. The first-order valence-electron chi connectivity index (χ1n) is 14.1. The maximum absolute atomic E-state index is 13.9. The molecule has 6 nitrogen and oxygen atoms in total. The molecule has 3 heterocycles. The maximum atomic E-state index is 13.9. The van der Waals surface area contributed by atoms with Gasteiger partial charge < -0.3 is 19.8 Å². The van der Waals surface area contributed by atoms with Crippen molar-refractivity contribution in [3.8, 4) is 0 Å². The minimum atomic E-state index is -5.15. The molecule has 1 N–H and O–H groups in total. The summed E-state index contributed by atoms with van der Waals surface area (Å²) in [5.41, 5.74) is -3.01. The number of hydrogen-bond donors (Lipinski definition) is 1. The number of amides is 2. The van der Waals surface area contributed by atoms with Crippen LogP contribution in [0, 0.1) is 11.8 Å². The summed E-state index contributed by atoms with van der Waals surface area (Å²) in [6.45, 7) is 0.643. The molecular weight excluding hydrogens is 581 g/mol. The second-order valence-corrected chi connectivity index (χ2v) is 12.1. The van der Waals surface area contributed by atoms with Gasteiger partial charge in [-0.3, -0.25) is 9.59 Å². The number of likely N-dealkylation sites (tertiary alicyclic amines) is 2. The van der Waals surface area contributed by atoms with E-state index >= 15 is 0 Å². The Bertz CT molecular complexity index is 1290. The minimum Gasteiger partial charge on any atom is -0.371 e. The molecule has 5 rings (SSSR count). The Morgan fingerprint density at radius 2 is 1.45 bits per heavy atom. The SMILES string of the molecule is O=C(c1ccc(N2CCC(CC3CCN(C(=O)[C@@](O)(c4ccccc4)C(F)(F)F)CC3)CC2)cc1Cl)N1CC(F)(F)C1. The van der Waals surface area contributed by atoms with E-state index in [0.717, 1.165) is 60.0 Å². The predicted octanol–water partition coefficient (Wildman–Crippen LogP) is 5.73. The first-order valence-corrected chi connectivity index (χ1v) is 14.5. The topological polar surface area (TPSA) is 64.1 Å². The monoisotopic (exact) mass is 613 g/mol. The van der Waals surface area contributed by atoms with Crippen LogP contribution in [0.5, 0.6) is 0 Å². The van der Waals surface area contributed by atoms with Crippen molar-refractivity contribution in [1.29, 1.82) is 0 Å². The Kier molecular flexibility index (Phi) is 8.46. The number of piperidine rings is 2. The summed E-state index contributed by atoms with van der Waals surface area (Å²) < 4.78 is 68.1. The van der Waals surface area contributed by atoms with Crippen LogP contribution in [0.2, 0.25) is 5.02 Å². The second kappa shape index (κ2) is 11.6. The van der Waals surface area contributed by atoms with Gasteiger partial charge in [0.1, 0.15) is 0 Å². The fourth-order valence-electron chi connectivity index (χ4n) is 6.29. The van der Waals surface area contributed by atoms with Gasteiger partial charge in [0.25, 0.3) is 23.3 Å². The summed E-state index contributed by atoms with van der Waals surface area (Å²) in [7, 11) is 0. The quantitative estimate of drug-likeness (QED) is 0.423. The summed E-state index contributed by atoms with van der Waals surface area (Å²) in [5.74, 6) is -3.99.